The van der Waals surface area contributed by atoms with Crippen LogP contribution in [0.2, 0.25) is 0 Å². The van der Waals surface area contributed by atoms with Crippen molar-refractivity contribution in [3.8, 4) is 0 Å². The lowest BCUT2D eigenvalue weighted by Gasteiger charge is -2.33. The van der Waals surface area contributed by atoms with Crippen LogP contribution < -0.4 is 0 Å². The lowest BCUT2D eigenvalue weighted by molar-refractivity contribution is -0.137. The molecule has 2 saturated heterocycles. The molecule has 0 N–H and O–H groups in total. The number of nitrogens with zero attached hydrogens (tertiary/aromatic N) is 2. The molecule has 0 saturated carbocycles. The molecule has 2 aliphatic heterocycles. The van der Waals surface area contributed by atoms with Gasteiger partial charge in [-0.3, -0.25) is 9.59 Å². The van der Waals surface area contributed by atoms with Crippen molar-refractivity contribution in [1.29, 1.82) is 0 Å². The Balaban J connectivity index is 1.51. The Morgan fingerprint density at radius 3 is 2.26 bits per heavy atom. The van der Waals surface area contributed by atoms with Crippen molar-refractivity contribution in [2.75, 3.05) is 26.2 Å². The van der Waals surface area contributed by atoms with Gasteiger partial charge in [0.05, 0.1) is 18.9 Å². The van der Waals surface area contributed by atoms with E-state index in [1.165, 1.54) is 0 Å². The van der Waals surface area contributed by atoms with E-state index in [2.05, 4.69) is 0 Å². The first-order chi connectivity index (χ1) is 14.5. The molecule has 1 aromatic rings. The van der Waals surface area contributed by atoms with Gasteiger partial charge >= 0.3 is 6.09 Å². The Morgan fingerprint density at radius 1 is 1.06 bits per heavy atom. The summed E-state index contributed by atoms with van der Waals surface area (Å²) in [5, 5.41) is 0. The Hall–Kier alpha value is -2.51. The standard InChI is InChI=1S/C23H30F2N2O4/c1-22(2,3)31-21(30)26-11-9-17(10-12-26)19(28)13-20(29)27-14-18(23(24,25)15-27)16-7-5-4-6-8-16/h4-8,17-18H,9-15H2,1-3H3. The zero-order valence-corrected chi connectivity index (χ0v) is 18.3. The number of ketones is 1. The summed E-state index contributed by atoms with van der Waals surface area (Å²) in [6.07, 6.45) is 0.0810. The lowest BCUT2D eigenvalue weighted by Crippen LogP contribution is -2.43. The first-order valence-corrected chi connectivity index (χ1v) is 10.7. The average molecular weight is 436 g/mol. The van der Waals surface area contributed by atoms with E-state index < -0.39 is 36.0 Å². The molecule has 1 unspecified atom stereocenters. The molecule has 1 atom stereocenters. The fourth-order valence-electron chi connectivity index (χ4n) is 4.12. The molecule has 2 heterocycles. The SMILES string of the molecule is CC(C)(C)OC(=O)N1CCC(C(=O)CC(=O)N2CC(c3ccccc3)C(F)(F)C2)CC1. The number of ether oxygens (including phenoxy) is 1. The Bertz CT molecular complexity index is 815. The van der Waals surface area contributed by atoms with Crippen molar-refractivity contribution in [1.82, 2.24) is 9.80 Å². The van der Waals surface area contributed by atoms with Crippen LogP contribution in [0.15, 0.2) is 30.3 Å². The number of alkyl halides is 2. The highest BCUT2D eigenvalue weighted by Crippen LogP contribution is 2.40. The summed E-state index contributed by atoms with van der Waals surface area (Å²) in [4.78, 5) is 40.0. The highest BCUT2D eigenvalue weighted by Gasteiger charge is 2.50. The number of carbonyl (C=O) groups excluding carboxylic acids is 3. The van der Waals surface area contributed by atoms with E-state index in [0.717, 1.165) is 4.90 Å². The molecule has 0 aromatic heterocycles. The van der Waals surface area contributed by atoms with Crippen molar-refractivity contribution in [3.63, 3.8) is 0 Å². The first-order valence-electron chi connectivity index (χ1n) is 10.7. The third-order valence-corrected chi connectivity index (χ3v) is 5.80. The normalized spacial score (nSPS) is 21.8. The Labute approximate surface area is 181 Å². The number of Topliss-reactive ketones (excluding diaryl/α,β-unsaturated/α-hetero) is 1. The molecule has 6 nitrogen and oxygen atoms in total. The topological polar surface area (TPSA) is 66.9 Å². The molecular formula is C23H30F2N2O4. The van der Waals surface area contributed by atoms with Gasteiger partial charge in [0.1, 0.15) is 11.4 Å². The van der Waals surface area contributed by atoms with Crippen LogP contribution in [0, 0.1) is 5.92 Å². The monoisotopic (exact) mass is 436 g/mol. The average Bonchev–Trinajstić information content (AvgIpc) is 3.03. The number of benzene rings is 1. The molecule has 2 amide bonds. The molecule has 0 bridgehead atoms. The van der Waals surface area contributed by atoms with Crippen molar-refractivity contribution >= 4 is 17.8 Å². The van der Waals surface area contributed by atoms with Gasteiger partial charge in [-0.15, -0.1) is 0 Å². The number of amides is 2. The maximum Gasteiger partial charge on any atom is 0.410 e. The van der Waals surface area contributed by atoms with Crippen LogP contribution in [0.4, 0.5) is 13.6 Å². The molecular weight excluding hydrogens is 406 g/mol. The zero-order valence-electron chi connectivity index (χ0n) is 18.3. The smallest absolute Gasteiger partial charge is 0.410 e. The van der Waals surface area contributed by atoms with Gasteiger partial charge in [0.25, 0.3) is 5.92 Å². The van der Waals surface area contributed by atoms with Crippen LogP contribution in [0.1, 0.15) is 51.5 Å². The largest absolute Gasteiger partial charge is 0.444 e. The van der Waals surface area contributed by atoms with Crippen molar-refractivity contribution in [2.24, 2.45) is 5.92 Å². The molecule has 2 aliphatic rings. The molecule has 31 heavy (non-hydrogen) atoms. The summed E-state index contributed by atoms with van der Waals surface area (Å²) in [5.41, 5.74) is -0.102. The van der Waals surface area contributed by atoms with E-state index in [4.69, 9.17) is 4.74 Å². The number of halogens is 2. The summed E-state index contributed by atoms with van der Waals surface area (Å²) in [7, 11) is 0. The quantitative estimate of drug-likeness (QED) is 0.673. The molecule has 8 heteroatoms. The fraction of sp³-hybridized carbons (Fsp3) is 0.609. The van der Waals surface area contributed by atoms with Crippen molar-refractivity contribution in [2.45, 2.75) is 57.5 Å². The molecule has 0 spiro atoms. The highest BCUT2D eigenvalue weighted by molar-refractivity contribution is 5.99. The van der Waals surface area contributed by atoms with E-state index in [1.807, 2.05) is 0 Å². The predicted molar refractivity (Wildman–Crippen MR) is 111 cm³/mol. The number of carbonyl (C=O) groups is 3. The van der Waals surface area contributed by atoms with Crippen LogP contribution in [0.3, 0.4) is 0 Å². The molecule has 0 aliphatic carbocycles. The predicted octanol–water partition coefficient (Wildman–Crippen LogP) is 3.85. The number of likely N-dealkylation sites (tertiary alicyclic amines) is 2. The summed E-state index contributed by atoms with van der Waals surface area (Å²) in [5.74, 6) is -5.25. The van der Waals surface area contributed by atoms with E-state index in [-0.39, 0.29) is 24.7 Å². The maximum absolute atomic E-state index is 14.5. The molecule has 2 fully saturated rings. The minimum Gasteiger partial charge on any atom is -0.444 e. The lowest BCUT2D eigenvalue weighted by atomic mass is 9.91. The van der Waals surface area contributed by atoms with Crippen LogP contribution >= 0.6 is 0 Å². The Kier molecular flexibility index (Phi) is 6.67. The number of hydrogen-bond acceptors (Lipinski definition) is 4. The number of rotatable bonds is 4. The van der Waals surface area contributed by atoms with Crippen molar-refractivity contribution < 1.29 is 27.9 Å². The van der Waals surface area contributed by atoms with Gasteiger partial charge in [0.15, 0.2) is 0 Å². The second-order valence-corrected chi connectivity index (χ2v) is 9.38. The van der Waals surface area contributed by atoms with Gasteiger partial charge in [-0.25, -0.2) is 13.6 Å². The van der Waals surface area contributed by atoms with Crippen LogP contribution in [0.25, 0.3) is 0 Å². The van der Waals surface area contributed by atoms with Crippen LogP contribution in [0.5, 0.6) is 0 Å². The fourth-order valence-corrected chi connectivity index (χ4v) is 4.12. The molecule has 170 valence electrons. The molecule has 0 radical (unpaired) electrons. The van der Waals surface area contributed by atoms with Gasteiger partial charge in [0.2, 0.25) is 5.91 Å². The van der Waals surface area contributed by atoms with E-state index in [9.17, 15) is 23.2 Å². The zero-order chi connectivity index (χ0) is 22.8. The summed E-state index contributed by atoms with van der Waals surface area (Å²) in [6, 6.07) is 8.42. The maximum atomic E-state index is 14.5. The van der Waals surface area contributed by atoms with E-state index in [1.54, 1.807) is 56.0 Å². The number of piperidine rings is 1. The van der Waals surface area contributed by atoms with Gasteiger partial charge in [-0.1, -0.05) is 30.3 Å². The van der Waals surface area contributed by atoms with E-state index >= 15 is 0 Å². The van der Waals surface area contributed by atoms with Gasteiger partial charge < -0.3 is 14.5 Å². The van der Waals surface area contributed by atoms with Gasteiger partial charge in [-0.05, 0) is 39.2 Å². The highest BCUT2D eigenvalue weighted by atomic mass is 19.3. The van der Waals surface area contributed by atoms with Crippen molar-refractivity contribution in [3.05, 3.63) is 35.9 Å². The minimum absolute atomic E-state index is 0.0970. The van der Waals surface area contributed by atoms with Crippen LogP contribution in [-0.2, 0) is 14.3 Å². The van der Waals surface area contributed by atoms with E-state index in [0.29, 0.717) is 31.5 Å². The molecule has 1 aromatic carbocycles. The first kappa shape index (κ1) is 23.2. The van der Waals surface area contributed by atoms with Gasteiger partial charge in [0, 0.05) is 25.6 Å². The summed E-state index contributed by atoms with van der Waals surface area (Å²) < 4.78 is 34.4. The second-order valence-electron chi connectivity index (χ2n) is 9.38. The van der Waals surface area contributed by atoms with Crippen LogP contribution in [-0.4, -0.2) is 65.3 Å². The summed E-state index contributed by atoms with van der Waals surface area (Å²) >= 11 is 0. The Morgan fingerprint density at radius 2 is 1.68 bits per heavy atom. The summed E-state index contributed by atoms with van der Waals surface area (Å²) in [6.45, 7) is 5.34. The van der Waals surface area contributed by atoms with Gasteiger partial charge in [-0.2, -0.15) is 0 Å². The molecule has 3 rings (SSSR count). The minimum atomic E-state index is -3.03. The number of hydrogen-bond donors (Lipinski definition) is 0. The third-order valence-electron chi connectivity index (χ3n) is 5.80. The third kappa shape index (κ3) is 5.80. The second kappa shape index (κ2) is 8.93.